The van der Waals surface area contributed by atoms with Crippen molar-refractivity contribution in [3.05, 3.63) is 50.7 Å². The number of anilines is 1. The van der Waals surface area contributed by atoms with E-state index in [1.165, 1.54) is 6.20 Å². The summed E-state index contributed by atoms with van der Waals surface area (Å²) in [6.07, 6.45) is 2.13. The van der Waals surface area contributed by atoms with Gasteiger partial charge in [0.25, 0.3) is 0 Å². The van der Waals surface area contributed by atoms with Crippen LogP contribution in [0, 0.1) is 10.1 Å². The third-order valence-corrected chi connectivity index (χ3v) is 4.79. The molecule has 0 saturated heterocycles. The van der Waals surface area contributed by atoms with E-state index < -0.39 is 16.2 Å². The van der Waals surface area contributed by atoms with Crippen LogP contribution in [-0.2, 0) is 17.6 Å². The molecule has 0 saturated carbocycles. The second kappa shape index (κ2) is 8.35. The van der Waals surface area contributed by atoms with Crippen LogP contribution in [0.2, 0.25) is 5.02 Å². The fraction of sp³-hybridized carbons (Fsp3) is 0.400. The summed E-state index contributed by atoms with van der Waals surface area (Å²) in [6, 6.07) is 5.39. The number of benzene rings is 1. The van der Waals surface area contributed by atoms with E-state index in [1.54, 1.807) is 17.0 Å². The summed E-state index contributed by atoms with van der Waals surface area (Å²) in [5, 5.41) is 11.3. The zero-order valence-corrected chi connectivity index (χ0v) is 17.7. The van der Waals surface area contributed by atoms with Crippen LogP contribution in [0.4, 0.5) is 16.3 Å². The van der Waals surface area contributed by atoms with Crippen molar-refractivity contribution in [2.75, 3.05) is 18.8 Å². The fourth-order valence-corrected chi connectivity index (χ4v) is 3.32. The Morgan fingerprint density at radius 1 is 1.27 bits per heavy atom. The number of nitrogens with zero attached hydrogens (tertiary/aromatic N) is 3. The van der Waals surface area contributed by atoms with E-state index >= 15 is 0 Å². The van der Waals surface area contributed by atoms with Crippen LogP contribution >= 0.6 is 11.6 Å². The van der Waals surface area contributed by atoms with Gasteiger partial charge in [-0.3, -0.25) is 10.1 Å². The average molecular weight is 435 g/mol. The number of halogens is 1. The van der Waals surface area contributed by atoms with Crippen molar-refractivity contribution in [3.8, 4) is 11.5 Å². The second-order valence-corrected chi connectivity index (χ2v) is 8.33. The zero-order chi connectivity index (χ0) is 22.1. The number of rotatable bonds is 3. The Balaban J connectivity index is 1.81. The summed E-state index contributed by atoms with van der Waals surface area (Å²) in [5.41, 5.74) is 6.64. The second-order valence-electron chi connectivity index (χ2n) is 7.93. The van der Waals surface area contributed by atoms with Crippen LogP contribution in [0.25, 0.3) is 0 Å². The maximum atomic E-state index is 12.4. The average Bonchev–Trinajstić information content (AvgIpc) is 2.85. The highest BCUT2D eigenvalue weighted by molar-refractivity contribution is 6.32. The van der Waals surface area contributed by atoms with Gasteiger partial charge in [-0.2, -0.15) is 0 Å². The van der Waals surface area contributed by atoms with Gasteiger partial charge in [-0.1, -0.05) is 17.7 Å². The molecule has 0 aliphatic carbocycles. The Morgan fingerprint density at radius 2 is 1.93 bits per heavy atom. The molecule has 2 N–H and O–H groups in total. The van der Waals surface area contributed by atoms with Crippen molar-refractivity contribution in [2.45, 2.75) is 39.2 Å². The first-order chi connectivity index (χ1) is 14.0. The smallest absolute Gasteiger partial charge is 0.410 e. The molecule has 9 nitrogen and oxygen atoms in total. The molecule has 30 heavy (non-hydrogen) atoms. The van der Waals surface area contributed by atoms with E-state index in [0.29, 0.717) is 31.7 Å². The minimum absolute atomic E-state index is 0.0121. The summed E-state index contributed by atoms with van der Waals surface area (Å²) in [4.78, 5) is 28.5. The molecule has 1 aromatic carbocycles. The lowest BCUT2D eigenvalue weighted by atomic mass is 10.0. The summed E-state index contributed by atoms with van der Waals surface area (Å²) >= 11 is 6.07. The van der Waals surface area contributed by atoms with Gasteiger partial charge in [0.05, 0.1) is 11.1 Å². The Morgan fingerprint density at radius 3 is 2.57 bits per heavy atom. The molecule has 0 atom stereocenters. The molecule has 1 aromatic heterocycles. The molecule has 0 spiro atoms. The molecule has 0 unspecified atom stereocenters. The van der Waals surface area contributed by atoms with Crippen molar-refractivity contribution < 1.29 is 19.2 Å². The van der Waals surface area contributed by atoms with Gasteiger partial charge in [0.1, 0.15) is 16.4 Å². The summed E-state index contributed by atoms with van der Waals surface area (Å²) < 4.78 is 11.2. The molecule has 3 rings (SSSR count). The number of nitro groups is 1. The van der Waals surface area contributed by atoms with Gasteiger partial charge in [-0.05, 0) is 56.9 Å². The van der Waals surface area contributed by atoms with E-state index in [1.807, 2.05) is 26.8 Å². The van der Waals surface area contributed by atoms with Crippen LogP contribution in [0.3, 0.4) is 0 Å². The number of hydrogen-bond donors (Lipinski definition) is 1. The van der Waals surface area contributed by atoms with Gasteiger partial charge >= 0.3 is 11.8 Å². The molecular formula is C20H23ClN4O5. The first kappa shape index (κ1) is 21.6. The standard InChI is InChI=1S/C20H23ClN4O5/c1-20(2,3)30-19(26)24-8-6-12-4-5-14(10-13(12)7-9-24)29-17-15(21)11-23-18(22)16(17)25(27)28/h4-5,10-11H,6-9H2,1-3H3,(H2,22,23). The van der Waals surface area contributed by atoms with Crippen LogP contribution in [0.5, 0.6) is 11.5 Å². The highest BCUT2D eigenvalue weighted by Crippen LogP contribution is 2.40. The van der Waals surface area contributed by atoms with E-state index in [2.05, 4.69) is 4.98 Å². The third kappa shape index (κ3) is 4.91. The van der Waals surface area contributed by atoms with Crippen molar-refractivity contribution in [1.82, 2.24) is 9.88 Å². The lowest BCUT2D eigenvalue weighted by Crippen LogP contribution is -2.38. The topological polar surface area (TPSA) is 121 Å². The SMILES string of the molecule is CC(C)(C)OC(=O)N1CCc2ccc(Oc3c(Cl)cnc(N)c3[N+](=O)[O-])cc2CC1. The number of carbonyl (C=O) groups excluding carboxylic acids is 1. The van der Waals surface area contributed by atoms with E-state index in [0.717, 1.165) is 11.1 Å². The van der Waals surface area contributed by atoms with Gasteiger partial charge in [0, 0.05) is 13.1 Å². The minimum atomic E-state index is -0.675. The molecule has 1 aliphatic heterocycles. The predicted octanol–water partition coefficient (Wildman–Crippen LogP) is 4.35. The normalized spacial score (nSPS) is 13.9. The highest BCUT2D eigenvalue weighted by atomic mass is 35.5. The number of nitrogens with two attached hydrogens (primary N) is 1. The van der Waals surface area contributed by atoms with Crippen molar-refractivity contribution in [2.24, 2.45) is 0 Å². The van der Waals surface area contributed by atoms with Gasteiger partial charge in [-0.15, -0.1) is 0 Å². The Kier molecular flexibility index (Phi) is 6.02. The first-order valence-corrected chi connectivity index (χ1v) is 9.79. The molecule has 2 aromatic rings. The number of amides is 1. The Bertz CT molecular complexity index is 990. The lowest BCUT2D eigenvalue weighted by molar-refractivity contribution is -0.384. The summed E-state index contributed by atoms with van der Waals surface area (Å²) in [5.74, 6) is -0.0460. The van der Waals surface area contributed by atoms with Gasteiger partial charge in [0.2, 0.25) is 11.6 Å². The molecule has 0 fully saturated rings. The van der Waals surface area contributed by atoms with Crippen LogP contribution in [0.1, 0.15) is 31.9 Å². The molecule has 1 amide bonds. The molecular weight excluding hydrogens is 412 g/mol. The first-order valence-electron chi connectivity index (χ1n) is 9.41. The Hall–Kier alpha value is -3.07. The monoisotopic (exact) mass is 434 g/mol. The Labute approximate surface area is 178 Å². The molecule has 0 radical (unpaired) electrons. The molecule has 2 heterocycles. The van der Waals surface area contributed by atoms with Gasteiger partial charge < -0.3 is 20.1 Å². The molecule has 1 aliphatic rings. The van der Waals surface area contributed by atoms with E-state index in [9.17, 15) is 14.9 Å². The van der Waals surface area contributed by atoms with Crippen molar-refractivity contribution in [1.29, 1.82) is 0 Å². The number of nitrogen functional groups attached to an aromatic ring is 1. The lowest BCUT2D eigenvalue weighted by Gasteiger charge is -2.26. The van der Waals surface area contributed by atoms with E-state index in [4.69, 9.17) is 26.8 Å². The summed E-state index contributed by atoms with van der Waals surface area (Å²) in [7, 11) is 0. The highest BCUT2D eigenvalue weighted by Gasteiger charge is 2.27. The van der Waals surface area contributed by atoms with Crippen LogP contribution < -0.4 is 10.5 Å². The molecule has 10 heteroatoms. The van der Waals surface area contributed by atoms with E-state index in [-0.39, 0.29) is 22.7 Å². The number of carbonyl (C=O) groups is 1. The fourth-order valence-electron chi connectivity index (χ4n) is 3.14. The van der Waals surface area contributed by atoms with Crippen molar-refractivity contribution >= 4 is 29.2 Å². The maximum Gasteiger partial charge on any atom is 0.410 e. The van der Waals surface area contributed by atoms with Gasteiger partial charge in [-0.25, -0.2) is 9.78 Å². The summed E-state index contributed by atoms with van der Waals surface area (Å²) in [6.45, 7) is 6.53. The zero-order valence-electron chi connectivity index (χ0n) is 17.0. The third-order valence-electron chi connectivity index (χ3n) is 4.53. The number of aromatic nitrogens is 1. The number of hydrogen-bond acceptors (Lipinski definition) is 7. The number of fused-ring (bicyclic) bond motifs is 1. The van der Waals surface area contributed by atoms with Crippen LogP contribution in [0.15, 0.2) is 24.4 Å². The van der Waals surface area contributed by atoms with Crippen molar-refractivity contribution in [3.63, 3.8) is 0 Å². The molecule has 0 bridgehead atoms. The quantitative estimate of drug-likeness (QED) is 0.562. The number of ether oxygens (including phenoxy) is 2. The minimum Gasteiger partial charge on any atom is -0.448 e. The maximum absolute atomic E-state index is 12.4. The predicted molar refractivity (Wildman–Crippen MR) is 112 cm³/mol. The number of pyridine rings is 1. The van der Waals surface area contributed by atoms with Crippen LogP contribution in [-0.4, -0.2) is 39.6 Å². The molecule has 160 valence electrons. The largest absolute Gasteiger partial charge is 0.448 e. The van der Waals surface area contributed by atoms with Gasteiger partial charge in [0.15, 0.2) is 0 Å².